The van der Waals surface area contributed by atoms with Crippen LogP contribution in [-0.4, -0.2) is 11.9 Å². The molecule has 1 amide bonds. The Morgan fingerprint density at radius 2 is 1.77 bits per heavy atom. The van der Waals surface area contributed by atoms with Gasteiger partial charge in [0.05, 0.1) is 11.9 Å². The number of nitrogens with one attached hydrogen (secondary N) is 1. The summed E-state index contributed by atoms with van der Waals surface area (Å²) in [7, 11) is 0. The molecule has 0 saturated carbocycles. The van der Waals surface area contributed by atoms with Crippen LogP contribution in [0, 0.1) is 6.92 Å². The van der Waals surface area contributed by atoms with Gasteiger partial charge in [0.1, 0.15) is 0 Å². The van der Waals surface area contributed by atoms with Crippen LogP contribution >= 0.6 is 0 Å². The minimum atomic E-state index is -1.25. The van der Waals surface area contributed by atoms with Gasteiger partial charge in [0, 0.05) is 11.3 Å². The van der Waals surface area contributed by atoms with Gasteiger partial charge in [-0.1, -0.05) is 49.4 Å². The molecular weight excluding hydrogens is 278 g/mol. The van der Waals surface area contributed by atoms with Crippen molar-refractivity contribution in [3.8, 4) is 0 Å². The second-order valence-electron chi connectivity index (χ2n) is 5.13. The molecule has 0 aromatic heterocycles. The minimum absolute atomic E-state index is 0.0885. The highest BCUT2D eigenvalue weighted by molar-refractivity contribution is 5.98. The number of hydrogen-bond acceptors (Lipinski definition) is 3. The molecule has 1 atom stereocenters. The Kier molecular flexibility index (Phi) is 4.94. The lowest BCUT2D eigenvalue weighted by Gasteiger charge is -2.18. The molecule has 2 aromatic rings. The van der Waals surface area contributed by atoms with Crippen molar-refractivity contribution in [1.29, 1.82) is 0 Å². The normalized spacial score (nSPS) is 11.7. The summed E-state index contributed by atoms with van der Waals surface area (Å²) in [5.74, 6) is -1.66. The maximum atomic E-state index is 12.5. The van der Waals surface area contributed by atoms with Gasteiger partial charge in [-0.15, -0.1) is 0 Å². The van der Waals surface area contributed by atoms with E-state index in [1.165, 1.54) is 6.07 Å². The maximum Gasteiger partial charge on any atom is 0.231 e. The first kappa shape index (κ1) is 15.8. The molecule has 2 aromatic carbocycles. The highest BCUT2D eigenvalue weighted by Crippen LogP contribution is 2.24. The predicted octanol–water partition coefficient (Wildman–Crippen LogP) is 2.49. The number of hydrogen-bond donors (Lipinski definition) is 1. The van der Waals surface area contributed by atoms with Crippen LogP contribution in [0.15, 0.2) is 48.5 Å². The second kappa shape index (κ2) is 6.89. The van der Waals surface area contributed by atoms with Gasteiger partial charge in [-0.2, -0.15) is 0 Å². The van der Waals surface area contributed by atoms with E-state index in [0.717, 1.165) is 5.56 Å². The molecule has 0 unspecified atom stereocenters. The fraction of sp³-hybridized carbons (Fsp3) is 0.222. The van der Waals surface area contributed by atoms with Crippen molar-refractivity contribution in [3.63, 3.8) is 0 Å². The van der Waals surface area contributed by atoms with Crippen LogP contribution in [0.4, 0.5) is 5.69 Å². The highest BCUT2D eigenvalue weighted by Gasteiger charge is 2.19. The summed E-state index contributed by atoms with van der Waals surface area (Å²) in [5, 5.41) is 13.9. The Morgan fingerprint density at radius 1 is 1.09 bits per heavy atom. The molecule has 2 rings (SSSR count). The monoisotopic (exact) mass is 296 g/mol. The van der Waals surface area contributed by atoms with Crippen molar-refractivity contribution < 1.29 is 14.7 Å². The number of carbonyl (C=O) groups is 2. The minimum Gasteiger partial charge on any atom is -0.545 e. The Hall–Kier alpha value is -2.62. The largest absolute Gasteiger partial charge is 0.545 e. The molecule has 0 bridgehead atoms. The molecule has 0 radical (unpaired) electrons. The molecule has 0 aliphatic heterocycles. The quantitative estimate of drug-likeness (QED) is 0.921. The van der Waals surface area contributed by atoms with Gasteiger partial charge in [0.25, 0.3) is 0 Å². The van der Waals surface area contributed by atoms with E-state index in [0.29, 0.717) is 17.7 Å². The van der Waals surface area contributed by atoms with Crippen molar-refractivity contribution in [2.24, 2.45) is 0 Å². The molecule has 0 fully saturated rings. The number of benzene rings is 2. The van der Waals surface area contributed by atoms with Gasteiger partial charge >= 0.3 is 0 Å². The third-order valence-electron chi connectivity index (χ3n) is 3.74. The van der Waals surface area contributed by atoms with E-state index in [1.54, 1.807) is 19.1 Å². The fourth-order valence-electron chi connectivity index (χ4n) is 2.47. The predicted molar refractivity (Wildman–Crippen MR) is 83.6 cm³/mol. The van der Waals surface area contributed by atoms with E-state index in [1.807, 2.05) is 37.3 Å². The summed E-state index contributed by atoms with van der Waals surface area (Å²) in [4.78, 5) is 23.6. The zero-order chi connectivity index (χ0) is 16.1. The van der Waals surface area contributed by atoms with Gasteiger partial charge in [0.2, 0.25) is 5.91 Å². The SMILES string of the molecule is CC[C@H](C(=O)Nc1cccc(C(=O)[O-])c1C)c1ccccc1. The van der Waals surface area contributed by atoms with Crippen LogP contribution in [0.1, 0.15) is 40.7 Å². The third-order valence-corrected chi connectivity index (χ3v) is 3.74. The van der Waals surface area contributed by atoms with Crippen LogP contribution in [-0.2, 0) is 4.79 Å². The number of anilines is 1. The summed E-state index contributed by atoms with van der Waals surface area (Å²) >= 11 is 0. The Bertz CT molecular complexity index is 680. The lowest BCUT2D eigenvalue weighted by atomic mass is 9.95. The van der Waals surface area contributed by atoms with Crippen molar-refractivity contribution in [3.05, 3.63) is 65.2 Å². The molecule has 0 heterocycles. The van der Waals surface area contributed by atoms with E-state index in [4.69, 9.17) is 0 Å². The first-order chi connectivity index (χ1) is 10.5. The van der Waals surface area contributed by atoms with Crippen molar-refractivity contribution in [2.75, 3.05) is 5.32 Å². The number of carboxylic acids is 1. The zero-order valence-corrected chi connectivity index (χ0v) is 12.6. The summed E-state index contributed by atoms with van der Waals surface area (Å²) in [6, 6.07) is 14.3. The Labute approximate surface area is 129 Å². The molecule has 0 spiro atoms. The number of rotatable bonds is 5. The van der Waals surface area contributed by atoms with Crippen molar-refractivity contribution in [2.45, 2.75) is 26.2 Å². The maximum absolute atomic E-state index is 12.5. The lowest BCUT2D eigenvalue weighted by Crippen LogP contribution is -2.25. The second-order valence-corrected chi connectivity index (χ2v) is 5.13. The van der Waals surface area contributed by atoms with E-state index >= 15 is 0 Å². The van der Waals surface area contributed by atoms with Crippen LogP contribution < -0.4 is 10.4 Å². The van der Waals surface area contributed by atoms with E-state index in [-0.39, 0.29) is 17.4 Å². The zero-order valence-electron chi connectivity index (χ0n) is 12.6. The van der Waals surface area contributed by atoms with E-state index < -0.39 is 5.97 Å². The third kappa shape index (κ3) is 3.34. The number of amides is 1. The van der Waals surface area contributed by atoms with Gasteiger partial charge in [0.15, 0.2) is 0 Å². The lowest BCUT2D eigenvalue weighted by molar-refractivity contribution is -0.255. The molecule has 0 aliphatic carbocycles. The average molecular weight is 296 g/mol. The van der Waals surface area contributed by atoms with E-state index in [9.17, 15) is 14.7 Å². The molecule has 114 valence electrons. The Morgan fingerprint density at radius 3 is 2.36 bits per heavy atom. The highest BCUT2D eigenvalue weighted by atomic mass is 16.4. The van der Waals surface area contributed by atoms with Crippen LogP contribution in [0.3, 0.4) is 0 Å². The average Bonchev–Trinajstić information content (AvgIpc) is 2.51. The first-order valence-corrected chi connectivity index (χ1v) is 7.21. The van der Waals surface area contributed by atoms with Crippen molar-refractivity contribution >= 4 is 17.6 Å². The van der Waals surface area contributed by atoms with Crippen LogP contribution in [0.2, 0.25) is 0 Å². The summed E-state index contributed by atoms with van der Waals surface area (Å²) < 4.78 is 0. The molecule has 4 nitrogen and oxygen atoms in total. The van der Waals surface area contributed by atoms with Gasteiger partial charge in [-0.05, 0) is 30.5 Å². The van der Waals surface area contributed by atoms with Gasteiger partial charge in [-0.3, -0.25) is 4.79 Å². The fourth-order valence-corrected chi connectivity index (χ4v) is 2.47. The van der Waals surface area contributed by atoms with Crippen LogP contribution in [0.5, 0.6) is 0 Å². The molecular formula is C18H18NO3-. The molecule has 0 aliphatic rings. The Balaban J connectivity index is 2.25. The smallest absolute Gasteiger partial charge is 0.231 e. The molecule has 0 saturated heterocycles. The summed E-state index contributed by atoms with van der Waals surface area (Å²) in [6.45, 7) is 3.60. The standard InChI is InChI=1S/C18H19NO3/c1-3-14(13-8-5-4-6-9-13)17(20)19-16-11-7-10-15(12(16)2)18(21)22/h4-11,14H,3H2,1-2H3,(H,19,20)(H,21,22)/p-1/t14-/m0/s1. The number of aromatic carboxylic acids is 1. The summed E-state index contributed by atoms with van der Waals surface area (Å²) in [5.41, 5.74) is 2.03. The first-order valence-electron chi connectivity index (χ1n) is 7.21. The van der Waals surface area contributed by atoms with E-state index in [2.05, 4.69) is 5.32 Å². The number of carboxylic acid groups (broad SMARTS) is 1. The summed E-state index contributed by atoms with van der Waals surface area (Å²) in [6.07, 6.45) is 0.662. The van der Waals surface area contributed by atoms with Gasteiger partial charge in [-0.25, -0.2) is 0 Å². The number of carbonyl (C=O) groups excluding carboxylic acids is 2. The van der Waals surface area contributed by atoms with Gasteiger partial charge < -0.3 is 15.2 Å². The molecule has 22 heavy (non-hydrogen) atoms. The molecule has 4 heteroatoms. The van der Waals surface area contributed by atoms with Crippen molar-refractivity contribution in [1.82, 2.24) is 0 Å². The topological polar surface area (TPSA) is 69.2 Å². The molecule has 1 N–H and O–H groups in total. The van der Waals surface area contributed by atoms with Crippen LogP contribution in [0.25, 0.3) is 0 Å².